The van der Waals surface area contributed by atoms with Crippen LogP contribution >= 0.6 is 24.8 Å². The molecular formula is C16H28Cl2N4O. The largest absolute Gasteiger partial charge is 0.357 e. The average molecular weight is 363 g/mol. The lowest BCUT2D eigenvalue weighted by Crippen LogP contribution is -2.42. The maximum atomic E-state index is 12.2. The van der Waals surface area contributed by atoms with Crippen molar-refractivity contribution in [1.29, 1.82) is 0 Å². The SMILES string of the molecule is CCCN(CC)c1ccc(C(=O)NC2CCNCC2)cn1.Cl.Cl. The van der Waals surface area contributed by atoms with Gasteiger partial charge in [0.1, 0.15) is 5.82 Å². The van der Waals surface area contributed by atoms with E-state index in [1.807, 2.05) is 12.1 Å². The first kappa shape index (κ1) is 22.0. The predicted molar refractivity (Wildman–Crippen MR) is 100 cm³/mol. The van der Waals surface area contributed by atoms with Crippen LogP contribution in [0.5, 0.6) is 0 Å². The number of pyridine rings is 1. The molecule has 5 nitrogen and oxygen atoms in total. The van der Waals surface area contributed by atoms with E-state index >= 15 is 0 Å². The molecule has 0 aliphatic carbocycles. The lowest BCUT2D eigenvalue weighted by molar-refractivity contribution is 0.0929. The van der Waals surface area contributed by atoms with Gasteiger partial charge in [-0.25, -0.2) is 4.98 Å². The molecule has 1 aliphatic heterocycles. The second-order valence-corrected chi connectivity index (χ2v) is 5.48. The first-order chi connectivity index (χ1) is 10.2. The van der Waals surface area contributed by atoms with Gasteiger partial charge in [-0.3, -0.25) is 4.79 Å². The average Bonchev–Trinajstić information content (AvgIpc) is 2.54. The summed E-state index contributed by atoms with van der Waals surface area (Å²) in [7, 11) is 0. The Kier molecular flexibility index (Phi) is 11.0. The maximum Gasteiger partial charge on any atom is 0.253 e. The van der Waals surface area contributed by atoms with Crippen LogP contribution in [-0.2, 0) is 0 Å². The summed E-state index contributed by atoms with van der Waals surface area (Å²) < 4.78 is 0. The standard InChI is InChI=1S/C16H26N4O.2ClH/c1-3-11-20(4-2)15-6-5-13(12-18-15)16(21)19-14-7-9-17-10-8-14;;/h5-6,12,14,17H,3-4,7-11H2,1-2H3,(H,19,21);2*1H. The number of anilines is 1. The third kappa shape index (κ3) is 6.53. The summed E-state index contributed by atoms with van der Waals surface area (Å²) in [5.41, 5.74) is 0.643. The summed E-state index contributed by atoms with van der Waals surface area (Å²) in [5.74, 6) is 0.928. The number of carbonyl (C=O) groups excluding carboxylic acids is 1. The number of piperidine rings is 1. The molecule has 0 bridgehead atoms. The summed E-state index contributed by atoms with van der Waals surface area (Å²) in [5, 5.41) is 6.39. The van der Waals surface area contributed by atoms with Crippen LogP contribution in [0.2, 0.25) is 0 Å². The van der Waals surface area contributed by atoms with Gasteiger partial charge in [-0.05, 0) is 51.4 Å². The molecule has 1 aromatic rings. The molecule has 1 saturated heterocycles. The molecule has 2 rings (SSSR count). The smallest absolute Gasteiger partial charge is 0.253 e. The minimum Gasteiger partial charge on any atom is -0.357 e. The third-order valence-electron chi connectivity index (χ3n) is 3.88. The Morgan fingerprint density at radius 2 is 2.00 bits per heavy atom. The molecule has 0 saturated carbocycles. The normalized spacial score (nSPS) is 14.3. The van der Waals surface area contributed by atoms with Gasteiger partial charge in [0.05, 0.1) is 5.56 Å². The van der Waals surface area contributed by atoms with Crippen LogP contribution in [0, 0.1) is 0 Å². The van der Waals surface area contributed by atoms with Crippen LogP contribution in [0.15, 0.2) is 18.3 Å². The highest BCUT2D eigenvalue weighted by Gasteiger charge is 2.16. The quantitative estimate of drug-likeness (QED) is 0.816. The van der Waals surface area contributed by atoms with Crippen molar-refractivity contribution in [2.45, 2.75) is 39.2 Å². The summed E-state index contributed by atoms with van der Waals surface area (Å²) in [4.78, 5) is 18.9. The van der Waals surface area contributed by atoms with Crippen molar-refractivity contribution in [3.05, 3.63) is 23.9 Å². The number of hydrogen-bond acceptors (Lipinski definition) is 4. The molecule has 1 amide bonds. The fraction of sp³-hybridized carbons (Fsp3) is 0.625. The van der Waals surface area contributed by atoms with Crippen molar-refractivity contribution in [1.82, 2.24) is 15.6 Å². The van der Waals surface area contributed by atoms with Crippen molar-refractivity contribution >= 4 is 36.5 Å². The van der Waals surface area contributed by atoms with E-state index in [1.165, 1.54) is 0 Å². The minimum atomic E-state index is -0.0144. The van der Waals surface area contributed by atoms with Gasteiger partial charge in [-0.1, -0.05) is 6.92 Å². The second-order valence-electron chi connectivity index (χ2n) is 5.48. The second kappa shape index (κ2) is 11.5. The number of nitrogens with zero attached hydrogens (tertiary/aromatic N) is 2. The molecule has 1 aromatic heterocycles. The van der Waals surface area contributed by atoms with Gasteiger partial charge < -0.3 is 15.5 Å². The van der Waals surface area contributed by atoms with Crippen LogP contribution in [0.1, 0.15) is 43.5 Å². The first-order valence-corrected chi connectivity index (χ1v) is 7.97. The van der Waals surface area contributed by atoms with E-state index in [4.69, 9.17) is 0 Å². The Morgan fingerprint density at radius 3 is 2.52 bits per heavy atom. The molecule has 1 aliphatic rings. The zero-order valence-electron chi connectivity index (χ0n) is 13.9. The van der Waals surface area contributed by atoms with Crippen molar-refractivity contribution in [2.24, 2.45) is 0 Å². The Balaban J connectivity index is 0.00000242. The topological polar surface area (TPSA) is 57.3 Å². The Hall–Kier alpha value is -1.04. The van der Waals surface area contributed by atoms with Crippen LogP contribution in [0.4, 0.5) is 5.82 Å². The predicted octanol–water partition coefficient (Wildman–Crippen LogP) is 2.64. The summed E-state index contributed by atoms with van der Waals surface area (Å²) in [6.45, 7) is 8.15. The zero-order chi connectivity index (χ0) is 15.1. The van der Waals surface area contributed by atoms with Gasteiger partial charge in [-0.15, -0.1) is 24.8 Å². The van der Waals surface area contributed by atoms with Crippen molar-refractivity contribution in [2.75, 3.05) is 31.1 Å². The van der Waals surface area contributed by atoms with Crippen molar-refractivity contribution in [3.63, 3.8) is 0 Å². The lowest BCUT2D eigenvalue weighted by atomic mass is 10.1. The number of hydrogen-bond donors (Lipinski definition) is 2. The fourth-order valence-corrected chi connectivity index (χ4v) is 2.65. The van der Waals surface area contributed by atoms with Crippen molar-refractivity contribution < 1.29 is 4.79 Å². The van der Waals surface area contributed by atoms with Crippen LogP contribution in [0.25, 0.3) is 0 Å². The number of nitrogens with one attached hydrogen (secondary N) is 2. The molecule has 0 aromatic carbocycles. The van der Waals surface area contributed by atoms with E-state index in [0.29, 0.717) is 5.56 Å². The highest BCUT2D eigenvalue weighted by molar-refractivity contribution is 5.94. The molecule has 23 heavy (non-hydrogen) atoms. The Labute approximate surface area is 151 Å². The molecule has 1 fully saturated rings. The third-order valence-corrected chi connectivity index (χ3v) is 3.88. The molecule has 2 N–H and O–H groups in total. The molecule has 7 heteroatoms. The first-order valence-electron chi connectivity index (χ1n) is 7.97. The number of carbonyl (C=O) groups is 1. The summed E-state index contributed by atoms with van der Waals surface area (Å²) in [6, 6.07) is 4.10. The highest BCUT2D eigenvalue weighted by Crippen LogP contribution is 2.12. The van der Waals surface area contributed by atoms with Crippen LogP contribution < -0.4 is 15.5 Å². The van der Waals surface area contributed by atoms with Crippen LogP contribution in [0.3, 0.4) is 0 Å². The molecule has 0 spiro atoms. The van der Waals surface area contributed by atoms with Crippen molar-refractivity contribution in [3.8, 4) is 0 Å². The molecule has 0 atom stereocenters. The van der Waals surface area contributed by atoms with E-state index < -0.39 is 0 Å². The van der Waals surface area contributed by atoms with E-state index in [1.54, 1.807) is 6.20 Å². The minimum absolute atomic E-state index is 0. The molecule has 2 heterocycles. The van der Waals surface area contributed by atoms with E-state index in [0.717, 1.165) is 51.3 Å². The molecule has 132 valence electrons. The highest BCUT2D eigenvalue weighted by atomic mass is 35.5. The molecule has 0 unspecified atom stereocenters. The number of aromatic nitrogens is 1. The van der Waals surface area contributed by atoms with Gasteiger partial charge in [-0.2, -0.15) is 0 Å². The monoisotopic (exact) mass is 362 g/mol. The van der Waals surface area contributed by atoms with Gasteiger partial charge >= 0.3 is 0 Å². The van der Waals surface area contributed by atoms with Crippen LogP contribution in [-0.4, -0.2) is 43.1 Å². The van der Waals surface area contributed by atoms with E-state index in [-0.39, 0.29) is 36.8 Å². The number of rotatable bonds is 6. The van der Waals surface area contributed by atoms with Gasteiger partial charge in [0, 0.05) is 25.3 Å². The Bertz CT molecular complexity index is 450. The maximum absolute atomic E-state index is 12.2. The number of amides is 1. The van der Waals surface area contributed by atoms with Gasteiger partial charge in [0.2, 0.25) is 0 Å². The Morgan fingerprint density at radius 1 is 1.30 bits per heavy atom. The van der Waals surface area contributed by atoms with Gasteiger partial charge in [0.15, 0.2) is 0 Å². The molecular weight excluding hydrogens is 335 g/mol. The summed E-state index contributed by atoms with van der Waals surface area (Å²) >= 11 is 0. The van der Waals surface area contributed by atoms with E-state index in [9.17, 15) is 4.79 Å². The lowest BCUT2D eigenvalue weighted by Gasteiger charge is -2.24. The fourth-order valence-electron chi connectivity index (χ4n) is 2.65. The molecule has 0 radical (unpaired) electrons. The zero-order valence-corrected chi connectivity index (χ0v) is 15.5. The van der Waals surface area contributed by atoms with Gasteiger partial charge in [0.25, 0.3) is 5.91 Å². The van der Waals surface area contributed by atoms with E-state index in [2.05, 4.69) is 34.4 Å². The summed E-state index contributed by atoms with van der Waals surface area (Å²) in [6.07, 6.45) is 4.77. The number of halogens is 2.